The highest BCUT2D eigenvalue weighted by atomic mass is 32.2. The van der Waals surface area contributed by atoms with Crippen molar-refractivity contribution in [3.63, 3.8) is 0 Å². The van der Waals surface area contributed by atoms with Crippen molar-refractivity contribution in [3.8, 4) is 0 Å². The van der Waals surface area contributed by atoms with Gasteiger partial charge >= 0.3 is 0 Å². The molecule has 2 unspecified atom stereocenters. The summed E-state index contributed by atoms with van der Waals surface area (Å²) in [6, 6.07) is 0.452. The van der Waals surface area contributed by atoms with Gasteiger partial charge in [0, 0.05) is 30.1 Å². The summed E-state index contributed by atoms with van der Waals surface area (Å²) in [6.45, 7) is 1.01. The number of rotatable bonds is 0. The SMILES string of the molecule is C1=CC2=C(CS1)C1NN=CC1CN2. The van der Waals surface area contributed by atoms with E-state index in [2.05, 4.69) is 27.3 Å². The summed E-state index contributed by atoms with van der Waals surface area (Å²) in [4.78, 5) is 0. The first-order valence-corrected chi connectivity index (χ1v) is 5.54. The fourth-order valence-corrected chi connectivity index (χ4v) is 2.85. The molecule has 0 radical (unpaired) electrons. The Labute approximate surface area is 81.4 Å². The highest BCUT2D eigenvalue weighted by Gasteiger charge is 2.33. The molecule has 0 aromatic rings. The lowest BCUT2D eigenvalue weighted by atomic mass is 9.91. The number of hydrogen-bond donors (Lipinski definition) is 2. The number of hydrazone groups is 1. The predicted molar refractivity (Wildman–Crippen MR) is 55.5 cm³/mol. The van der Waals surface area contributed by atoms with E-state index in [1.165, 1.54) is 11.3 Å². The average molecular weight is 193 g/mol. The van der Waals surface area contributed by atoms with Crippen LogP contribution < -0.4 is 10.7 Å². The third-order valence-corrected chi connectivity index (χ3v) is 3.53. The van der Waals surface area contributed by atoms with Gasteiger partial charge in [-0.3, -0.25) is 0 Å². The molecule has 3 heterocycles. The van der Waals surface area contributed by atoms with Crippen molar-refractivity contribution in [2.75, 3.05) is 12.3 Å². The van der Waals surface area contributed by atoms with Gasteiger partial charge in [-0.05, 0) is 17.1 Å². The smallest absolute Gasteiger partial charge is 0.0775 e. The number of fused-ring (bicyclic) bond motifs is 2. The van der Waals surface area contributed by atoms with Crippen LogP contribution >= 0.6 is 11.8 Å². The van der Waals surface area contributed by atoms with E-state index in [4.69, 9.17) is 0 Å². The molecule has 0 saturated carbocycles. The molecule has 0 saturated heterocycles. The zero-order valence-corrected chi connectivity index (χ0v) is 7.97. The second-order valence-corrected chi connectivity index (χ2v) is 4.38. The van der Waals surface area contributed by atoms with Gasteiger partial charge in [0.1, 0.15) is 0 Å². The first kappa shape index (κ1) is 7.50. The van der Waals surface area contributed by atoms with Crippen LogP contribution in [-0.2, 0) is 0 Å². The molecule has 0 amide bonds. The highest BCUT2D eigenvalue weighted by Crippen LogP contribution is 2.29. The van der Waals surface area contributed by atoms with E-state index in [1.807, 2.05) is 18.0 Å². The maximum atomic E-state index is 4.14. The van der Waals surface area contributed by atoms with Crippen LogP contribution in [0.4, 0.5) is 0 Å². The van der Waals surface area contributed by atoms with Crippen molar-refractivity contribution in [2.45, 2.75) is 6.04 Å². The first-order chi connectivity index (χ1) is 6.45. The highest BCUT2D eigenvalue weighted by molar-refractivity contribution is 8.02. The summed E-state index contributed by atoms with van der Waals surface area (Å²) in [5, 5.41) is 9.73. The predicted octanol–water partition coefficient (Wildman–Crippen LogP) is 0.678. The molecule has 3 nitrogen and oxygen atoms in total. The van der Waals surface area contributed by atoms with Crippen LogP contribution in [0.5, 0.6) is 0 Å². The fourth-order valence-electron chi connectivity index (χ4n) is 2.00. The van der Waals surface area contributed by atoms with Crippen molar-refractivity contribution in [3.05, 3.63) is 22.8 Å². The Balaban J connectivity index is 1.98. The Kier molecular flexibility index (Phi) is 1.62. The van der Waals surface area contributed by atoms with Crippen molar-refractivity contribution in [2.24, 2.45) is 11.0 Å². The van der Waals surface area contributed by atoms with E-state index < -0.39 is 0 Å². The van der Waals surface area contributed by atoms with Gasteiger partial charge in [0.2, 0.25) is 0 Å². The summed E-state index contributed by atoms with van der Waals surface area (Å²) in [7, 11) is 0. The van der Waals surface area contributed by atoms with E-state index in [1.54, 1.807) is 0 Å². The summed E-state index contributed by atoms with van der Waals surface area (Å²) < 4.78 is 0. The average Bonchev–Trinajstić information content (AvgIpc) is 2.65. The molecule has 3 aliphatic heterocycles. The van der Waals surface area contributed by atoms with Gasteiger partial charge < -0.3 is 10.7 Å². The van der Waals surface area contributed by atoms with Gasteiger partial charge in [-0.15, -0.1) is 11.8 Å². The van der Waals surface area contributed by atoms with Gasteiger partial charge in [0.25, 0.3) is 0 Å². The molecule has 0 bridgehead atoms. The van der Waals surface area contributed by atoms with Gasteiger partial charge in [-0.2, -0.15) is 5.10 Å². The third kappa shape index (κ3) is 1.09. The largest absolute Gasteiger partial charge is 0.384 e. The quantitative estimate of drug-likeness (QED) is 0.594. The molecule has 0 aliphatic carbocycles. The second-order valence-electron chi connectivity index (χ2n) is 3.48. The molecule has 3 aliphatic rings. The number of nitrogens with zero attached hydrogens (tertiary/aromatic N) is 1. The van der Waals surface area contributed by atoms with Crippen LogP contribution in [0.3, 0.4) is 0 Å². The van der Waals surface area contributed by atoms with E-state index in [9.17, 15) is 0 Å². The van der Waals surface area contributed by atoms with Gasteiger partial charge in [0.15, 0.2) is 0 Å². The standard InChI is InChI=1S/C9H11N3S/c1-2-13-5-7-8(1)10-3-6-4-11-12-9(6)7/h1-2,4,6,9-10,12H,3,5H2. The summed E-state index contributed by atoms with van der Waals surface area (Å²) in [5.41, 5.74) is 5.96. The van der Waals surface area contributed by atoms with Crippen LogP contribution in [0, 0.1) is 5.92 Å². The summed E-state index contributed by atoms with van der Waals surface area (Å²) >= 11 is 1.86. The molecule has 0 fully saturated rings. The zero-order chi connectivity index (χ0) is 8.67. The van der Waals surface area contributed by atoms with Gasteiger partial charge in [0.05, 0.1) is 6.04 Å². The lowest BCUT2D eigenvalue weighted by molar-refractivity contribution is 0.486. The number of hydrogen-bond acceptors (Lipinski definition) is 4. The maximum Gasteiger partial charge on any atom is 0.0775 e. The topological polar surface area (TPSA) is 36.4 Å². The van der Waals surface area contributed by atoms with Crippen LogP contribution in [-0.4, -0.2) is 24.6 Å². The van der Waals surface area contributed by atoms with Crippen LogP contribution in [0.2, 0.25) is 0 Å². The van der Waals surface area contributed by atoms with Crippen LogP contribution in [0.1, 0.15) is 0 Å². The van der Waals surface area contributed by atoms with Gasteiger partial charge in [-0.1, -0.05) is 0 Å². The first-order valence-electron chi connectivity index (χ1n) is 4.49. The summed E-state index contributed by atoms with van der Waals surface area (Å²) in [6.07, 6.45) is 4.18. The van der Waals surface area contributed by atoms with Gasteiger partial charge in [-0.25, -0.2) is 0 Å². The minimum atomic E-state index is 0.452. The van der Waals surface area contributed by atoms with E-state index in [-0.39, 0.29) is 0 Å². The Morgan fingerprint density at radius 3 is 3.54 bits per heavy atom. The second kappa shape index (κ2) is 2.80. The molecule has 3 rings (SSSR count). The molecule has 68 valence electrons. The zero-order valence-electron chi connectivity index (χ0n) is 7.16. The number of thioether (sulfide) groups is 1. The molecule has 0 spiro atoms. The molecule has 13 heavy (non-hydrogen) atoms. The normalized spacial score (nSPS) is 35.1. The number of allylic oxidation sites excluding steroid dienone is 1. The molecular weight excluding hydrogens is 182 g/mol. The fraction of sp³-hybridized carbons (Fsp3) is 0.444. The lowest BCUT2D eigenvalue weighted by Gasteiger charge is -2.31. The lowest BCUT2D eigenvalue weighted by Crippen LogP contribution is -2.43. The molecular formula is C9H11N3S. The Bertz CT molecular complexity index is 319. The van der Waals surface area contributed by atoms with E-state index >= 15 is 0 Å². The van der Waals surface area contributed by atoms with Crippen molar-refractivity contribution < 1.29 is 0 Å². The van der Waals surface area contributed by atoms with Crippen molar-refractivity contribution >= 4 is 18.0 Å². The summed E-state index contributed by atoms with van der Waals surface area (Å²) in [5.74, 6) is 1.64. The molecule has 4 heteroatoms. The third-order valence-electron chi connectivity index (χ3n) is 2.73. The minimum absolute atomic E-state index is 0.452. The number of nitrogens with one attached hydrogen (secondary N) is 2. The monoisotopic (exact) mass is 193 g/mol. The molecule has 2 N–H and O–H groups in total. The van der Waals surface area contributed by atoms with Crippen LogP contribution in [0.25, 0.3) is 0 Å². The molecule has 0 aromatic carbocycles. The molecule has 2 atom stereocenters. The minimum Gasteiger partial charge on any atom is -0.384 e. The Morgan fingerprint density at radius 2 is 2.54 bits per heavy atom. The van der Waals surface area contributed by atoms with Crippen LogP contribution in [0.15, 0.2) is 27.9 Å². The van der Waals surface area contributed by atoms with Crippen molar-refractivity contribution in [1.29, 1.82) is 0 Å². The Hall–Kier alpha value is -0.900. The Morgan fingerprint density at radius 1 is 1.54 bits per heavy atom. The molecule has 0 aromatic heterocycles. The van der Waals surface area contributed by atoms with E-state index in [0.717, 1.165) is 12.3 Å². The maximum absolute atomic E-state index is 4.14. The van der Waals surface area contributed by atoms with E-state index in [0.29, 0.717) is 12.0 Å². The van der Waals surface area contributed by atoms with Crippen molar-refractivity contribution in [1.82, 2.24) is 10.7 Å².